The van der Waals surface area contributed by atoms with Crippen LogP contribution in [0.1, 0.15) is 33.6 Å². The molecule has 142 valence electrons. The molecule has 3 heterocycles. The lowest BCUT2D eigenvalue weighted by Gasteiger charge is -2.06. The molecule has 6 nitrogen and oxygen atoms in total. The van der Waals surface area contributed by atoms with E-state index in [-0.39, 0.29) is 18.3 Å². The van der Waals surface area contributed by atoms with Crippen LogP contribution in [0.5, 0.6) is 0 Å². The molecule has 7 heteroatoms. The number of halogens is 1. The average Bonchev–Trinajstić information content (AvgIpc) is 3.27. The van der Waals surface area contributed by atoms with E-state index in [0.717, 1.165) is 47.2 Å². The number of pyridine rings is 1. The average molecular weight is 394 g/mol. The maximum Gasteiger partial charge on any atom is 0.251 e. The van der Waals surface area contributed by atoms with Gasteiger partial charge in [-0.05, 0) is 60.7 Å². The highest BCUT2D eigenvalue weighted by Crippen LogP contribution is 2.35. The van der Waals surface area contributed by atoms with Gasteiger partial charge in [0.05, 0.1) is 29.8 Å². The molecule has 0 radical (unpaired) electrons. The van der Waals surface area contributed by atoms with Crippen LogP contribution in [0.3, 0.4) is 0 Å². The highest BCUT2D eigenvalue weighted by atomic mass is 35.5. The lowest BCUT2D eigenvalue weighted by molar-refractivity contribution is 0.0950. The molecule has 3 aromatic heterocycles. The number of amides is 1. The van der Waals surface area contributed by atoms with Crippen molar-refractivity contribution < 1.29 is 4.79 Å². The molecule has 1 aromatic carbocycles. The number of aromatic amines is 2. The topological polar surface area (TPSA) is 86.5 Å². The molecule has 0 spiro atoms. The van der Waals surface area contributed by atoms with Gasteiger partial charge in [0.25, 0.3) is 5.91 Å². The Morgan fingerprint density at radius 3 is 2.93 bits per heavy atom. The van der Waals surface area contributed by atoms with E-state index < -0.39 is 0 Å². The molecule has 5 rings (SSSR count). The fraction of sp³-hybridized carbons (Fsp3) is 0.190. The van der Waals surface area contributed by atoms with E-state index in [2.05, 4.69) is 25.5 Å². The van der Waals surface area contributed by atoms with Crippen LogP contribution in [0.15, 0.2) is 48.8 Å². The zero-order chi connectivity index (χ0) is 18.2. The lowest BCUT2D eigenvalue weighted by Crippen LogP contribution is -2.23. The van der Waals surface area contributed by atoms with Crippen LogP contribution in [0.4, 0.5) is 0 Å². The zero-order valence-electron chi connectivity index (χ0n) is 15.2. The van der Waals surface area contributed by atoms with Gasteiger partial charge in [-0.3, -0.25) is 14.9 Å². The van der Waals surface area contributed by atoms with Gasteiger partial charge in [-0.15, -0.1) is 12.4 Å². The second-order valence-corrected chi connectivity index (χ2v) is 6.87. The van der Waals surface area contributed by atoms with Crippen LogP contribution < -0.4 is 5.32 Å². The number of nitrogens with zero attached hydrogens (tertiary/aromatic N) is 2. The number of hydrogen-bond acceptors (Lipinski definition) is 3. The predicted octanol–water partition coefficient (Wildman–Crippen LogP) is 3.79. The molecule has 0 bridgehead atoms. The molecule has 0 fully saturated rings. The van der Waals surface area contributed by atoms with Gasteiger partial charge in [0, 0.05) is 22.7 Å². The maximum atomic E-state index is 12.6. The third-order valence-corrected chi connectivity index (χ3v) is 5.17. The van der Waals surface area contributed by atoms with Crippen molar-refractivity contribution in [1.29, 1.82) is 0 Å². The van der Waals surface area contributed by atoms with E-state index >= 15 is 0 Å². The van der Waals surface area contributed by atoms with E-state index in [1.165, 1.54) is 11.1 Å². The van der Waals surface area contributed by atoms with E-state index in [0.29, 0.717) is 12.1 Å². The fourth-order valence-corrected chi connectivity index (χ4v) is 3.81. The normalized spacial score (nSPS) is 12.6. The minimum atomic E-state index is -0.0895. The molecule has 1 aliphatic rings. The van der Waals surface area contributed by atoms with Crippen LogP contribution in [-0.4, -0.2) is 26.1 Å². The SMILES string of the molecule is Cl.O=C(NCc1ccccn1)c1ccc2[nH]c3c(c2c1)CCCc1cn[nH]c1-3. The van der Waals surface area contributed by atoms with Crippen molar-refractivity contribution in [3.05, 3.63) is 71.2 Å². The Bertz CT molecular complexity index is 1130. The summed E-state index contributed by atoms with van der Waals surface area (Å²) in [6.07, 6.45) is 6.71. The first-order chi connectivity index (χ1) is 13.3. The van der Waals surface area contributed by atoms with Crippen molar-refractivity contribution in [2.45, 2.75) is 25.8 Å². The largest absolute Gasteiger partial charge is 0.353 e. The van der Waals surface area contributed by atoms with Crippen LogP contribution in [0.2, 0.25) is 0 Å². The first-order valence-corrected chi connectivity index (χ1v) is 9.15. The number of rotatable bonds is 3. The number of benzene rings is 1. The van der Waals surface area contributed by atoms with Crippen molar-refractivity contribution in [2.75, 3.05) is 0 Å². The summed E-state index contributed by atoms with van der Waals surface area (Å²) in [5.74, 6) is -0.0895. The molecule has 4 aromatic rings. The molecule has 3 N–H and O–H groups in total. The molecule has 0 aliphatic heterocycles. The smallest absolute Gasteiger partial charge is 0.251 e. The first-order valence-electron chi connectivity index (χ1n) is 9.15. The van der Waals surface area contributed by atoms with Gasteiger partial charge in [0.2, 0.25) is 0 Å². The van der Waals surface area contributed by atoms with E-state index in [1.807, 2.05) is 42.6 Å². The number of H-pyrrole nitrogens is 2. The third-order valence-electron chi connectivity index (χ3n) is 5.17. The lowest BCUT2D eigenvalue weighted by atomic mass is 10.0. The Balaban J connectivity index is 0.00000192. The van der Waals surface area contributed by atoms with Crippen LogP contribution in [0.25, 0.3) is 22.3 Å². The Labute approximate surface area is 168 Å². The molecule has 0 unspecified atom stereocenters. The Morgan fingerprint density at radius 1 is 1.14 bits per heavy atom. The highest BCUT2D eigenvalue weighted by molar-refractivity contribution is 6.00. The first kappa shape index (κ1) is 18.3. The molecule has 1 aliphatic carbocycles. The fourth-order valence-electron chi connectivity index (χ4n) is 3.81. The number of hydrogen-bond donors (Lipinski definition) is 3. The number of fused-ring (bicyclic) bond motifs is 5. The maximum absolute atomic E-state index is 12.6. The van der Waals surface area contributed by atoms with Crippen molar-refractivity contribution in [3.8, 4) is 11.4 Å². The second kappa shape index (κ2) is 7.48. The second-order valence-electron chi connectivity index (χ2n) is 6.87. The van der Waals surface area contributed by atoms with Gasteiger partial charge >= 0.3 is 0 Å². The van der Waals surface area contributed by atoms with Gasteiger partial charge in [-0.2, -0.15) is 5.10 Å². The van der Waals surface area contributed by atoms with Crippen molar-refractivity contribution >= 4 is 29.2 Å². The quantitative estimate of drug-likeness (QED) is 0.495. The number of aromatic nitrogens is 4. The summed E-state index contributed by atoms with van der Waals surface area (Å²) in [7, 11) is 0. The van der Waals surface area contributed by atoms with Gasteiger partial charge in [-0.1, -0.05) is 6.07 Å². The molecule has 1 amide bonds. The summed E-state index contributed by atoms with van der Waals surface area (Å²) in [4.78, 5) is 20.4. The molecule has 0 saturated carbocycles. The number of aryl methyl sites for hydroxylation is 2. The predicted molar refractivity (Wildman–Crippen MR) is 111 cm³/mol. The Morgan fingerprint density at radius 2 is 2.07 bits per heavy atom. The number of carbonyl (C=O) groups excluding carboxylic acids is 1. The summed E-state index contributed by atoms with van der Waals surface area (Å²) in [6.45, 7) is 0.417. The van der Waals surface area contributed by atoms with Gasteiger partial charge in [0.1, 0.15) is 0 Å². The number of carbonyl (C=O) groups is 1. The third kappa shape index (κ3) is 3.16. The Kier molecular flexibility index (Phi) is 4.88. The zero-order valence-corrected chi connectivity index (χ0v) is 16.0. The summed E-state index contributed by atoms with van der Waals surface area (Å²) in [5, 5.41) is 11.4. The van der Waals surface area contributed by atoms with E-state index in [9.17, 15) is 4.79 Å². The van der Waals surface area contributed by atoms with Crippen LogP contribution in [-0.2, 0) is 19.4 Å². The van der Waals surface area contributed by atoms with Gasteiger partial charge in [0.15, 0.2) is 0 Å². The Hall–Kier alpha value is -3.12. The monoisotopic (exact) mass is 393 g/mol. The molecular formula is C21H20ClN5O. The minimum Gasteiger partial charge on any atom is -0.353 e. The standard InChI is InChI=1S/C21H19N5O.ClH/c27-21(23-12-15-5-1-2-9-22-15)13-7-8-18-17(10-13)16-6-3-4-14-11-24-26-19(14)20(16)25-18;/h1-2,5,7-11,25H,3-4,6,12H2,(H,23,27)(H,24,26);1H. The van der Waals surface area contributed by atoms with Gasteiger partial charge < -0.3 is 10.3 Å². The van der Waals surface area contributed by atoms with Gasteiger partial charge in [-0.25, -0.2) is 0 Å². The molecule has 0 saturated heterocycles. The summed E-state index contributed by atoms with van der Waals surface area (Å²) in [6, 6.07) is 11.5. The van der Waals surface area contributed by atoms with Crippen molar-refractivity contribution in [2.24, 2.45) is 0 Å². The molecular weight excluding hydrogens is 374 g/mol. The summed E-state index contributed by atoms with van der Waals surface area (Å²) >= 11 is 0. The van der Waals surface area contributed by atoms with E-state index in [1.54, 1.807) is 6.20 Å². The molecule has 0 atom stereocenters. The van der Waals surface area contributed by atoms with Crippen molar-refractivity contribution in [1.82, 2.24) is 25.5 Å². The molecule has 28 heavy (non-hydrogen) atoms. The summed E-state index contributed by atoms with van der Waals surface area (Å²) in [5.41, 5.74) is 7.22. The van der Waals surface area contributed by atoms with Crippen molar-refractivity contribution in [3.63, 3.8) is 0 Å². The van der Waals surface area contributed by atoms with E-state index in [4.69, 9.17) is 0 Å². The van der Waals surface area contributed by atoms with Crippen LogP contribution >= 0.6 is 12.4 Å². The van der Waals surface area contributed by atoms with Crippen LogP contribution in [0, 0.1) is 0 Å². The number of nitrogens with one attached hydrogen (secondary N) is 3. The summed E-state index contributed by atoms with van der Waals surface area (Å²) < 4.78 is 0. The highest BCUT2D eigenvalue weighted by Gasteiger charge is 2.21. The minimum absolute atomic E-state index is 0.